The SMILES string of the molecule is CC(C)(C)c1csc(NC(=O)Nc2ccc(Cl)cc2)n1. The van der Waals surface area contributed by atoms with Crippen molar-refractivity contribution in [3.8, 4) is 0 Å². The number of anilines is 2. The average molecular weight is 310 g/mol. The third-order valence-corrected chi connectivity index (χ3v) is 3.60. The summed E-state index contributed by atoms with van der Waals surface area (Å²) >= 11 is 7.20. The lowest BCUT2D eigenvalue weighted by Crippen LogP contribution is -2.19. The van der Waals surface area contributed by atoms with Crippen LogP contribution >= 0.6 is 22.9 Å². The Bertz CT molecular complexity index is 602. The van der Waals surface area contributed by atoms with Crippen molar-refractivity contribution in [1.29, 1.82) is 0 Å². The number of carbonyl (C=O) groups is 1. The molecule has 1 aromatic carbocycles. The van der Waals surface area contributed by atoms with Crippen LogP contribution < -0.4 is 10.6 Å². The number of thiazole rings is 1. The Morgan fingerprint density at radius 1 is 1.20 bits per heavy atom. The van der Waals surface area contributed by atoms with Crippen LogP contribution in [0.2, 0.25) is 5.02 Å². The monoisotopic (exact) mass is 309 g/mol. The van der Waals surface area contributed by atoms with E-state index in [4.69, 9.17) is 11.6 Å². The van der Waals surface area contributed by atoms with E-state index < -0.39 is 0 Å². The smallest absolute Gasteiger partial charge is 0.308 e. The number of hydrogen-bond acceptors (Lipinski definition) is 3. The highest BCUT2D eigenvalue weighted by molar-refractivity contribution is 7.14. The molecule has 0 aliphatic rings. The van der Waals surface area contributed by atoms with E-state index in [1.807, 2.05) is 5.38 Å². The molecule has 20 heavy (non-hydrogen) atoms. The second-order valence-corrected chi connectivity index (χ2v) is 6.67. The van der Waals surface area contributed by atoms with Gasteiger partial charge in [0.15, 0.2) is 5.13 Å². The Labute approximate surface area is 127 Å². The summed E-state index contributed by atoms with van der Waals surface area (Å²) in [5.74, 6) is 0. The maximum atomic E-state index is 11.8. The molecule has 1 heterocycles. The lowest BCUT2D eigenvalue weighted by molar-refractivity contribution is 0.262. The molecule has 6 heteroatoms. The molecule has 106 valence electrons. The highest BCUT2D eigenvalue weighted by Crippen LogP contribution is 2.26. The van der Waals surface area contributed by atoms with Gasteiger partial charge in [-0.05, 0) is 24.3 Å². The number of amides is 2. The Morgan fingerprint density at radius 2 is 1.85 bits per heavy atom. The predicted octanol–water partition coefficient (Wildman–Crippen LogP) is 4.74. The van der Waals surface area contributed by atoms with Gasteiger partial charge < -0.3 is 5.32 Å². The van der Waals surface area contributed by atoms with Gasteiger partial charge in [-0.2, -0.15) is 0 Å². The number of benzene rings is 1. The maximum Gasteiger partial charge on any atom is 0.325 e. The lowest BCUT2D eigenvalue weighted by Gasteiger charge is -2.14. The van der Waals surface area contributed by atoms with E-state index in [2.05, 4.69) is 36.4 Å². The number of rotatable bonds is 2. The summed E-state index contributed by atoms with van der Waals surface area (Å²) in [5.41, 5.74) is 1.62. The van der Waals surface area contributed by atoms with Gasteiger partial charge in [0.2, 0.25) is 0 Å². The molecule has 0 atom stereocenters. The topological polar surface area (TPSA) is 54.0 Å². The third kappa shape index (κ3) is 3.95. The second kappa shape index (κ2) is 5.81. The zero-order valence-electron chi connectivity index (χ0n) is 11.5. The van der Waals surface area contributed by atoms with Gasteiger partial charge in [-0.15, -0.1) is 11.3 Å². The molecule has 2 rings (SSSR count). The molecule has 1 aromatic heterocycles. The average Bonchev–Trinajstić information content (AvgIpc) is 2.80. The molecular weight excluding hydrogens is 294 g/mol. The summed E-state index contributed by atoms with van der Waals surface area (Å²) in [6.07, 6.45) is 0. The van der Waals surface area contributed by atoms with Gasteiger partial charge in [-0.25, -0.2) is 9.78 Å². The van der Waals surface area contributed by atoms with E-state index in [1.54, 1.807) is 24.3 Å². The Hall–Kier alpha value is -1.59. The predicted molar refractivity (Wildman–Crippen MR) is 84.9 cm³/mol. The first kappa shape index (κ1) is 14.8. The van der Waals surface area contributed by atoms with Crippen molar-refractivity contribution in [3.05, 3.63) is 40.4 Å². The van der Waals surface area contributed by atoms with Gasteiger partial charge in [0.25, 0.3) is 0 Å². The van der Waals surface area contributed by atoms with Gasteiger partial charge >= 0.3 is 6.03 Å². The Morgan fingerprint density at radius 3 is 2.40 bits per heavy atom. The standard InChI is InChI=1S/C14H16ClN3OS/c1-14(2,3)11-8-20-13(17-11)18-12(19)16-10-6-4-9(15)5-7-10/h4-8H,1-3H3,(H2,16,17,18,19). The molecule has 0 bridgehead atoms. The summed E-state index contributed by atoms with van der Waals surface area (Å²) in [5, 5.41) is 8.62. The van der Waals surface area contributed by atoms with Crippen LogP contribution in [0.5, 0.6) is 0 Å². The van der Waals surface area contributed by atoms with E-state index in [0.29, 0.717) is 15.8 Å². The molecular formula is C14H16ClN3OS. The fraction of sp³-hybridized carbons (Fsp3) is 0.286. The van der Waals surface area contributed by atoms with E-state index >= 15 is 0 Å². The highest BCUT2D eigenvalue weighted by atomic mass is 35.5. The van der Waals surface area contributed by atoms with Crippen molar-refractivity contribution >= 4 is 39.8 Å². The quantitative estimate of drug-likeness (QED) is 0.842. The number of urea groups is 1. The van der Waals surface area contributed by atoms with Crippen LogP contribution in [0.3, 0.4) is 0 Å². The molecule has 2 aromatic rings. The maximum absolute atomic E-state index is 11.8. The normalized spacial score (nSPS) is 11.2. The number of halogens is 1. The minimum Gasteiger partial charge on any atom is -0.308 e. The molecule has 0 saturated heterocycles. The van der Waals surface area contributed by atoms with Gasteiger partial charge in [0, 0.05) is 21.5 Å². The number of nitrogens with zero attached hydrogens (tertiary/aromatic N) is 1. The van der Waals surface area contributed by atoms with Crippen LogP contribution in [-0.4, -0.2) is 11.0 Å². The van der Waals surface area contributed by atoms with Crippen molar-refractivity contribution in [2.45, 2.75) is 26.2 Å². The zero-order chi connectivity index (χ0) is 14.8. The van der Waals surface area contributed by atoms with E-state index in [9.17, 15) is 4.79 Å². The molecule has 2 amide bonds. The van der Waals surface area contributed by atoms with Crippen molar-refractivity contribution < 1.29 is 4.79 Å². The first-order chi connectivity index (χ1) is 9.34. The molecule has 0 saturated carbocycles. The van der Waals surface area contributed by atoms with Gasteiger partial charge in [0.1, 0.15) is 0 Å². The molecule has 0 aliphatic carbocycles. The van der Waals surface area contributed by atoms with Crippen molar-refractivity contribution in [2.75, 3.05) is 10.6 Å². The van der Waals surface area contributed by atoms with Crippen LogP contribution in [0.1, 0.15) is 26.5 Å². The van der Waals surface area contributed by atoms with E-state index in [1.165, 1.54) is 11.3 Å². The molecule has 4 nitrogen and oxygen atoms in total. The van der Waals surface area contributed by atoms with Gasteiger partial charge in [-0.1, -0.05) is 32.4 Å². The number of hydrogen-bond donors (Lipinski definition) is 2. The molecule has 0 aliphatic heterocycles. The lowest BCUT2D eigenvalue weighted by atomic mass is 9.93. The Balaban J connectivity index is 1.98. The first-order valence-electron chi connectivity index (χ1n) is 6.14. The summed E-state index contributed by atoms with van der Waals surface area (Å²) < 4.78 is 0. The van der Waals surface area contributed by atoms with E-state index in [-0.39, 0.29) is 11.4 Å². The fourth-order valence-electron chi connectivity index (χ4n) is 1.47. The van der Waals surface area contributed by atoms with Crippen LogP contribution in [0.15, 0.2) is 29.6 Å². The fourth-order valence-corrected chi connectivity index (χ4v) is 2.53. The molecule has 0 fully saturated rings. The van der Waals surface area contributed by atoms with Crippen molar-refractivity contribution in [1.82, 2.24) is 4.98 Å². The van der Waals surface area contributed by atoms with E-state index in [0.717, 1.165) is 5.69 Å². The minimum atomic E-state index is -0.317. The first-order valence-corrected chi connectivity index (χ1v) is 7.40. The summed E-state index contributed by atoms with van der Waals surface area (Å²) in [7, 11) is 0. The molecule has 0 spiro atoms. The van der Waals surface area contributed by atoms with Gasteiger partial charge in [-0.3, -0.25) is 5.32 Å². The third-order valence-electron chi connectivity index (χ3n) is 2.60. The van der Waals surface area contributed by atoms with Crippen LogP contribution in [0.4, 0.5) is 15.6 Å². The Kier molecular flexibility index (Phi) is 4.30. The van der Waals surface area contributed by atoms with Crippen LogP contribution in [0.25, 0.3) is 0 Å². The molecule has 0 unspecified atom stereocenters. The summed E-state index contributed by atoms with van der Waals surface area (Å²) in [6, 6.07) is 6.60. The molecule has 0 radical (unpaired) electrons. The summed E-state index contributed by atoms with van der Waals surface area (Å²) in [4.78, 5) is 16.2. The zero-order valence-corrected chi connectivity index (χ0v) is 13.1. The number of carbonyl (C=O) groups excluding carboxylic acids is 1. The molecule has 2 N–H and O–H groups in total. The van der Waals surface area contributed by atoms with Crippen molar-refractivity contribution in [3.63, 3.8) is 0 Å². The largest absolute Gasteiger partial charge is 0.325 e. The second-order valence-electron chi connectivity index (χ2n) is 5.37. The van der Waals surface area contributed by atoms with Gasteiger partial charge in [0.05, 0.1) is 5.69 Å². The summed E-state index contributed by atoms with van der Waals surface area (Å²) in [6.45, 7) is 6.25. The van der Waals surface area contributed by atoms with Crippen LogP contribution in [0, 0.1) is 0 Å². The minimum absolute atomic E-state index is 0.0247. The number of nitrogens with one attached hydrogen (secondary N) is 2. The number of aromatic nitrogens is 1. The van der Waals surface area contributed by atoms with Crippen LogP contribution in [-0.2, 0) is 5.41 Å². The van der Waals surface area contributed by atoms with Crippen molar-refractivity contribution in [2.24, 2.45) is 0 Å². The highest BCUT2D eigenvalue weighted by Gasteiger charge is 2.18.